The van der Waals surface area contributed by atoms with Crippen LogP contribution < -0.4 is 10.0 Å². The maximum Gasteiger partial charge on any atom is 0.237 e. The van der Waals surface area contributed by atoms with Crippen molar-refractivity contribution in [3.05, 3.63) is 0 Å². The number of methoxy groups -OCH3 is 1. The summed E-state index contributed by atoms with van der Waals surface area (Å²) in [6, 6.07) is -0.756. The molecule has 16 heavy (non-hydrogen) atoms. The zero-order valence-electron chi connectivity index (χ0n) is 9.95. The van der Waals surface area contributed by atoms with Gasteiger partial charge in [0.1, 0.15) is 0 Å². The van der Waals surface area contributed by atoms with E-state index in [9.17, 15) is 13.2 Å². The molecule has 1 amide bonds. The molecular formula is C9H20N2O4S. The van der Waals surface area contributed by atoms with Gasteiger partial charge in [0.25, 0.3) is 0 Å². The van der Waals surface area contributed by atoms with Crippen molar-refractivity contribution in [2.24, 2.45) is 0 Å². The van der Waals surface area contributed by atoms with Crippen LogP contribution in [0.5, 0.6) is 0 Å². The molecule has 0 bridgehead atoms. The Morgan fingerprint density at radius 1 is 1.44 bits per heavy atom. The number of sulfonamides is 1. The van der Waals surface area contributed by atoms with Crippen molar-refractivity contribution in [3.8, 4) is 0 Å². The number of hydrogen-bond acceptors (Lipinski definition) is 4. The van der Waals surface area contributed by atoms with Crippen LogP contribution in [-0.2, 0) is 19.6 Å². The molecule has 0 aliphatic carbocycles. The van der Waals surface area contributed by atoms with Gasteiger partial charge in [0.15, 0.2) is 0 Å². The van der Waals surface area contributed by atoms with Crippen LogP contribution in [0.15, 0.2) is 0 Å². The first-order valence-corrected chi connectivity index (χ1v) is 6.84. The van der Waals surface area contributed by atoms with Crippen LogP contribution in [-0.4, -0.2) is 46.4 Å². The van der Waals surface area contributed by atoms with E-state index in [1.165, 1.54) is 14.0 Å². The van der Waals surface area contributed by atoms with Crippen molar-refractivity contribution in [2.75, 3.05) is 26.0 Å². The molecule has 0 rings (SSSR count). The van der Waals surface area contributed by atoms with Crippen molar-refractivity contribution in [1.82, 2.24) is 10.0 Å². The van der Waals surface area contributed by atoms with Crippen LogP contribution in [0.2, 0.25) is 0 Å². The minimum atomic E-state index is -3.35. The average Bonchev–Trinajstić information content (AvgIpc) is 2.16. The molecule has 1 unspecified atom stereocenters. The number of hydrogen-bond donors (Lipinski definition) is 2. The van der Waals surface area contributed by atoms with Crippen LogP contribution in [0.1, 0.15) is 20.3 Å². The molecule has 1 atom stereocenters. The summed E-state index contributed by atoms with van der Waals surface area (Å²) in [6.45, 7) is 4.05. The molecule has 0 aromatic rings. The second kappa shape index (κ2) is 7.59. The van der Waals surface area contributed by atoms with Crippen molar-refractivity contribution in [1.29, 1.82) is 0 Å². The quantitative estimate of drug-likeness (QED) is 0.569. The molecule has 0 aromatic heterocycles. The summed E-state index contributed by atoms with van der Waals surface area (Å²) in [6.07, 6.45) is 0.521. The van der Waals surface area contributed by atoms with E-state index in [0.29, 0.717) is 19.6 Å². The Balaban J connectivity index is 4.05. The van der Waals surface area contributed by atoms with Gasteiger partial charge in [0.2, 0.25) is 15.9 Å². The molecule has 7 heteroatoms. The molecule has 96 valence electrons. The Morgan fingerprint density at radius 3 is 2.56 bits per heavy atom. The first-order chi connectivity index (χ1) is 7.43. The Kier molecular flexibility index (Phi) is 7.27. The summed E-state index contributed by atoms with van der Waals surface area (Å²) >= 11 is 0. The van der Waals surface area contributed by atoms with Crippen LogP contribution in [0.25, 0.3) is 0 Å². The molecule has 2 N–H and O–H groups in total. The monoisotopic (exact) mass is 252 g/mol. The highest BCUT2D eigenvalue weighted by Crippen LogP contribution is 1.92. The molecule has 6 nitrogen and oxygen atoms in total. The largest absolute Gasteiger partial charge is 0.383 e. The van der Waals surface area contributed by atoms with Gasteiger partial charge in [-0.1, -0.05) is 6.92 Å². The van der Waals surface area contributed by atoms with Crippen LogP contribution >= 0.6 is 0 Å². The van der Waals surface area contributed by atoms with Gasteiger partial charge in [0.05, 0.1) is 18.4 Å². The van der Waals surface area contributed by atoms with E-state index >= 15 is 0 Å². The zero-order valence-corrected chi connectivity index (χ0v) is 10.8. The van der Waals surface area contributed by atoms with E-state index < -0.39 is 16.1 Å². The van der Waals surface area contributed by atoms with Gasteiger partial charge in [-0.3, -0.25) is 4.79 Å². The highest BCUT2D eigenvalue weighted by molar-refractivity contribution is 7.89. The number of carbonyl (C=O) groups excluding carboxylic acids is 1. The van der Waals surface area contributed by atoms with Gasteiger partial charge in [-0.25, -0.2) is 13.1 Å². The summed E-state index contributed by atoms with van der Waals surface area (Å²) < 4.78 is 29.8. The minimum Gasteiger partial charge on any atom is -0.383 e. The van der Waals surface area contributed by atoms with E-state index in [4.69, 9.17) is 4.74 Å². The third-order valence-electron chi connectivity index (χ3n) is 1.83. The van der Waals surface area contributed by atoms with Gasteiger partial charge < -0.3 is 10.1 Å². The van der Waals surface area contributed by atoms with Gasteiger partial charge in [-0.15, -0.1) is 0 Å². The van der Waals surface area contributed by atoms with Crippen molar-refractivity contribution < 1.29 is 17.9 Å². The highest BCUT2D eigenvalue weighted by atomic mass is 32.2. The predicted molar refractivity (Wildman–Crippen MR) is 61.6 cm³/mol. The summed E-state index contributed by atoms with van der Waals surface area (Å²) in [5, 5.41) is 2.56. The SMILES string of the molecule is CCCS(=O)(=O)NC(C)C(=O)NCCOC. The lowest BCUT2D eigenvalue weighted by molar-refractivity contribution is -0.122. The van der Waals surface area contributed by atoms with Crippen molar-refractivity contribution in [3.63, 3.8) is 0 Å². The lowest BCUT2D eigenvalue weighted by atomic mass is 10.3. The second-order valence-corrected chi connectivity index (χ2v) is 5.32. The Bertz CT molecular complexity index is 303. The van der Waals surface area contributed by atoms with E-state index in [1.807, 2.05) is 0 Å². The average molecular weight is 252 g/mol. The van der Waals surface area contributed by atoms with E-state index in [0.717, 1.165) is 0 Å². The fourth-order valence-electron chi connectivity index (χ4n) is 1.08. The first kappa shape index (κ1) is 15.3. The fourth-order valence-corrected chi connectivity index (χ4v) is 2.38. The van der Waals surface area contributed by atoms with Crippen LogP contribution in [0.3, 0.4) is 0 Å². The van der Waals surface area contributed by atoms with E-state index in [1.54, 1.807) is 6.92 Å². The topological polar surface area (TPSA) is 84.5 Å². The standard InChI is InChI=1S/C9H20N2O4S/c1-4-7-16(13,14)11-8(2)9(12)10-5-6-15-3/h8,11H,4-7H2,1-3H3,(H,10,12). The number of nitrogens with one attached hydrogen (secondary N) is 2. The number of rotatable bonds is 8. The first-order valence-electron chi connectivity index (χ1n) is 5.19. The lowest BCUT2D eigenvalue weighted by Crippen LogP contribution is -2.46. The lowest BCUT2D eigenvalue weighted by Gasteiger charge is -2.13. The molecule has 0 aliphatic rings. The molecule has 0 spiro atoms. The second-order valence-electron chi connectivity index (χ2n) is 3.44. The zero-order chi connectivity index (χ0) is 12.6. The van der Waals surface area contributed by atoms with Gasteiger partial charge >= 0.3 is 0 Å². The van der Waals surface area contributed by atoms with E-state index in [2.05, 4.69) is 10.0 Å². The number of ether oxygens (including phenoxy) is 1. The normalized spacial score (nSPS) is 13.4. The Labute approximate surface area is 96.8 Å². The fraction of sp³-hybridized carbons (Fsp3) is 0.889. The van der Waals surface area contributed by atoms with Gasteiger partial charge in [-0.05, 0) is 13.3 Å². The van der Waals surface area contributed by atoms with Gasteiger partial charge in [0, 0.05) is 13.7 Å². The number of carbonyl (C=O) groups is 1. The van der Waals surface area contributed by atoms with Crippen molar-refractivity contribution >= 4 is 15.9 Å². The predicted octanol–water partition coefficient (Wildman–Crippen LogP) is -0.533. The summed E-state index contributed by atoms with van der Waals surface area (Å²) in [5.74, 6) is -0.320. The van der Waals surface area contributed by atoms with Crippen LogP contribution in [0, 0.1) is 0 Å². The Hall–Kier alpha value is -0.660. The summed E-state index contributed by atoms with van der Waals surface area (Å²) in [4.78, 5) is 11.4. The Morgan fingerprint density at radius 2 is 2.06 bits per heavy atom. The number of amides is 1. The molecule has 0 radical (unpaired) electrons. The minimum absolute atomic E-state index is 0.0304. The summed E-state index contributed by atoms with van der Waals surface area (Å²) in [5.41, 5.74) is 0. The van der Waals surface area contributed by atoms with Crippen molar-refractivity contribution in [2.45, 2.75) is 26.3 Å². The maximum absolute atomic E-state index is 11.4. The molecule has 0 heterocycles. The molecule has 0 aromatic carbocycles. The smallest absolute Gasteiger partial charge is 0.237 e. The van der Waals surface area contributed by atoms with Gasteiger partial charge in [-0.2, -0.15) is 0 Å². The highest BCUT2D eigenvalue weighted by Gasteiger charge is 2.18. The summed E-state index contributed by atoms with van der Waals surface area (Å²) in [7, 11) is -1.82. The third-order valence-corrected chi connectivity index (χ3v) is 3.49. The molecule has 0 fully saturated rings. The maximum atomic E-state index is 11.4. The molecule has 0 saturated carbocycles. The van der Waals surface area contributed by atoms with E-state index in [-0.39, 0.29) is 11.7 Å². The molecule has 0 aliphatic heterocycles. The van der Waals surface area contributed by atoms with Crippen LogP contribution in [0.4, 0.5) is 0 Å². The molecular weight excluding hydrogens is 232 g/mol. The third kappa shape index (κ3) is 6.76. The molecule has 0 saturated heterocycles.